The second-order valence-electron chi connectivity index (χ2n) is 11.6. The van der Waals surface area contributed by atoms with E-state index in [1.807, 2.05) is 28.8 Å². The molecule has 1 unspecified atom stereocenters. The Labute approximate surface area is 260 Å². The predicted molar refractivity (Wildman–Crippen MR) is 177 cm³/mol. The SMILES string of the molecule is COc1ccc(C2C3=C(N=c4sc(=Cc5cc(C)n(-c6c(C)cccc6C)c5C)c(=O)n42)c2ccccc2CC3)cc1OC. The number of hydrogen-bond donors (Lipinski definition) is 0. The van der Waals surface area contributed by atoms with Crippen molar-refractivity contribution in [2.75, 3.05) is 14.2 Å². The highest BCUT2D eigenvalue weighted by atomic mass is 32.1. The number of thiazole rings is 1. The van der Waals surface area contributed by atoms with Gasteiger partial charge in [0.15, 0.2) is 16.3 Å². The number of benzene rings is 3. The van der Waals surface area contributed by atoms with E-state index in [9.17, 15) is 4.79 Å². The van der Waals surface area contributed by atoms with Crippen molar-refractivity contribution in [2.24, 2.45) is 4.99 Å². The van der Waals surface area contributed by atoms with Gasteiger partial charge in [-0.15, -0.1) is 0 Å². The highest BCUT2D eigenvalue weighted by Gasteiger charge is 2.33. The molecule has 1 aliphatic carbocycles. The van der Waals surface area contributed by atoms with Crippen LogP contribution in [-0.2, 0) is 6.42 Å². The van der Waals surface area contributed by atoms with E-state index in [-0.39, 0.29) is 11.6 Å². The van der Waals surface area contributed by atoms with Gasteiger partial charge in [-0.3, -0.25) is 9.36 Å². The molecule has 44 heavy (non-hydrogen) atoms. The summed E-state index contributed by atoms with van der Waals surface area (Å²) in [5.41, 5.74) is 12.4. The monoisotopic (exact) mass is 601 g/mol. The summed E-state index contributed by atoms with van der Waals surface area (Å²) in [5.74, 6) is 1.30. The number of nitrogens with zero attached hydrogens (tertiary/aromatic N) is 3. The molecule has 0 spiro atoms. The number of rotatable bonds is 5. The van der Waals surface area contributed by atoms with Crippen molar-refractivity contribution < 1.29 is 9.47 Å². The Kier molecular flexibility index (Phi) is 6.93. The number of methoxy groups -OCH3 is 2. The molecule has 1 atom stereocenters. The molecule has 0 fully saturated rings. The quantitative estimate of drug-likeness (QED) is 0.236. The van der Waals surface area contributed by atoms with Crippen molar-refractivity contribution in [1.29, 1.82) is 0 Å². The van der Waals surface area contributed by atoms with Crippen LogP contribution in [0.5, 0.6) is 11.5 Å². The fourth-order valence-electron chi connectivity index (χ4n) is 6.92. The molecule has 3 heterocycles. The van der Waals surface area contributed by atoms with Crippen LogP contribution in [0.25, 0.3) is 17.5 Å². The van der Waals surface area contributed by atoms with Crippen molar-refractivity contribution in [3.05, 3.63) is 137 Å². The van der Waals surface area contributed by atoms with E-state index in [1.54, 1.807) is 14.2 Å². The van der Waals surface area contributed by atoms with Gasteiger partial charge in [0, 0.05) is 17.0 Å². The second-order valence-corrected chi connectivity index (χ2v) is 12.6. The lowest BCUT2D eigenvalue weighted by molar-refractivity contribution is 0.354. The summed E-state index contributed by atoms with van der Waals surface area (Å²) in [4.78, 5) is 20.3. The molecule has 0 bridgehead atoms. The molecular formula is C37H35N3O3S. The molecule has 6 nitrogen and oxygen atoms in total. The number of fused-ring (bicyclic) bond motifs is 3. The first-order chi connectivity index (χ1) is 21.3. The van der Waals surface area contributed by atoms with E-state index in [2.05, 4.69) is 80.8 Å². The standard InChI is InChI=1S/C37H35N3O3S/c1-21-10-9-11-22(2)34(21)39-23(3)18-27(24(39)4)20-32-36(41)40-35(26-15-17-30(42-5)31(19-26)43-6)29-16-14-25-12-7-8-13-28(25)33(29)38-37(40)44-32/h7-13,15,17-20,35H,14,16H2,1-6H3. The number of allylic oxidation sites excluding steroid dienone is 1. The molecule has 1 aliphatic heterocycles. The van der Waals surface area contributed by atoms with Crippen LogP contribution >= 0.6 is 11.3 Å². The predicted octanol–water partition coefficient (Wildman–Crippen LogP) is 6.36. The Morgan fingerprint density at radius 1 is 0.886 bits per heavy atom. The molecule has 7 heteroatoms. The zero-order chi connectivity index (χ0) is 30.7. The van der Waals surface area contributed by atoms with Crippen LogP contribution in [0.15, 0.2) is 82.1 Å². The Morgan fingerprint density at radius 2 is 1.64 bits per heavy atom. The average molecular weight is 602 g/mol. The van der Waals surface area contributed by atoms with Gasteiger partial charge in [0.2, 0.25) is 0 Å². The van der Waals surface area contributed by atoms with E-state index in [4.69, 9.17) is 14.5 Å². The zero-order valence-corrected chi connectivity index (χ0v) is 26.7. The van der Waals surface area contributed by atoms with Crippen LogP contribution in [0, 0.1) is 27.7 Å². The molecule has 2 aromatic heterocycles. The minimum absolute atomic E-state index is 0.0316. The van der Waals surface area contributed by atoms with E-state index < -0.39 is 0 Å². The average Bonchev–Trinajstić information content (AvgIpc) is 3.49. The van der Waals surface area contributed by atoms with Crippen molar-refractivity contribution >= 4 is 23.1 Å². The molecular weight excluding hydrogens is 566 g/mol. The van der Waals surface area contributed by atoms with E-state index >= 15 is 0 Å². The van der Waals surface area contributed by atoms with Crippen LogP contribution in [0.2, 0.25) is 0 Å². The maximum atomic E-state index is 14.4. The van der Waals surface area contributed by atoms with Gasteiger partial charge in [-0.2, -0.15) is 0 Å². The van der Waals surface area contributed by atoms with Crippen molar-refractivity contribution in [1.82, 2.24) is 9.13 Å². The van der Waals surface area contributed by atoms with Gasteiger partial charge in [0.1, 0.15) is 0 Å². The van der Waals surface area contributed by atoms with Crippen molar-refractivity contribution in [3.63, 3.8) is 0 Å². The number of ether oxygens (including phenoxy) is 2. The smallest absolute Gasteiger partial charge is 0.271 e. The van der Waals surface area contributed by atoms with Crippen LogP contribution in [0.4, 0.5) is 0 Å². The number of aromatic nitrogens is 2. The molecule has 0 radical (unpaired) electrons. The Morgan fingerprint density at radius 3 is 2.39 bits per heavy atom. The maximum Gasteiger partial charge on any atom is 0.271 e. The van der Waals surface area contributed by atoms with Gasteiger partial charge >= 0.3 is 0 Å². The van der Waals surface area contributed by atoms with Gasteiger partial charge in [-0.25, -0.2) is 4.99 Å². The number of hydrogen-bond acceptors (Lipinski definition) is 5. The zero-order valence-electron chi connectivity index (χ0n) is 25.9. The normalized spacial score (nSPS) is 15.9. The maximum absolute atomic E-state index is 14.4. The first-order valence-electron chi connectivity index (χ1n) is 14.9. The highest BCUT2D eigenvalue weighted by molar-refractivity contribution is 7.07. The summed E-state index contributed by atoms with van der Waals surface area (Å²) in [7, 11) is 3.28. The van der Waals surface area contributed by atoms with E-state index in [0.717, 1.165) is 52.2 Å². The van der Waals surface area contributed by atoms with Gasteiger partial charge in [0.25, 0.3) is 5.56 Å². The fraction of sp³-hybridized carbons (Fsp3) is 0.243. The Balaban J connectivity index is 1.45. The summed E-state index contributed by atoms with van der Waals surface area (Å²) in [6, 6.07) is 22.7. The van der Waals surface area contributed by atoms with E-state index in [1.165, 1.54) is 33.7 Å². The first kappa shape index (κ1) is 28.2. The molecule has 3 aromatic carbocycles. The molecule has 0 N–H and O–H groups in total. The fourth-order valence-corrected chi connectivity index (χ4v) is 7.91. The Hall–Kier alpha value is -4.62. The third kappa shape index (κ3) is 4.37. The first-order valence-corrected chi connectivity index (χ1v) is 15.7. The number of para-hydroxylation sites is 1. The van der Waals surface area contributed by atoms with Crippen molar-refractivity contribution in [2.45, 2.75) is 46.6 Å². The summed E-state index contributed by atoms with van der Waals surface area (Å²) >= 11 is 1.46. The second kappa shape index (κ2) is 10.8. The summed E-state index contributed by atoms with van der Waals surface area (Å²) < 4.78 is 16.1. The van der Waals surface area contributed by atoms with Gasteiger partial charge in [-0.1, -0.05) is 59.9 Å². The minimum Gasteiger partial charge on any atom is -0.493 e. The molecule has 0 saturated heterocycles. The lowest BCUT2D eigenvalue weighted by Crippen LogP contribution is -2.38. The molecule has 0 amide bonds. The summed E-state index contributed by atoms with van der Waals surface area (Å²) in [6.45, 7) is 8.55. The molecule has 5 aromatic rings. The number of aryl methyl sites for hydroxylation is 4. The third-order valence-corrected chi connectivity index (χ3v) is 10.00. The van der Waals surface area contributed by atoms with Crippen LogP contribution in [-0.4, -0.2) is 23.4 Å². The van der Waals surface area contributed by atoms with Crippen LogP contribution < -0.4 is 24.4 Å². The largest absolute Gasteiger partial charge is 0.493 e. The van der Waals surface area contributed by atoms with Crippen LogP contribution in [0.3, 0.4) is 0 Å². The molecule has 222 valence electrons. The lowest BCUT2D eigenvalue weighted by Gasteiger charge is -2.31. The Bertz CT molecular complexity index is 2160. The molecule has 7 rings (SSSR count). The highest BCUT2D eigenvalue weighted by Crippen LogP contribution is 2.42. The summed E-state index contributed by atoms with van der Waals surface area (Å²) in [6.07, 6.45) is 3.78. The third-order valence-electron chi connectivity index (χ3n) is 9.02. The van der Waals surface area contributed by atoms with E-state index in [0.29, 0.717) is 20.8 Å². The minimum atomic E-state index is -0.293. The van der Waals surface area contributed by atoms with Gasteiger partial charge in [-0.05, 0) is 98.2 Å². The van der Waals surface area contributed by atoms with Gasteiger partial charge < -0.3 is 14.0 Å². The van der Waals surface area contributed by atoms with Crippen molar-refractivity contribution in [3.8, 4) is 17.2 Å². The van der Waals surface area contributed by atoms with Gasteiger partial charge in [0.05, 0.1) is 36.2 Å². The summed E-state index contributed by atoms with van der Waals surface area (Å²) in [5, 5.41) is 0. The molecule has 0 saturated carbocycles. The molecule has 2 aliphatic rings. The van der Waals surface area contributed by atoms with Crippen LogP contribution in [0.1, 0.15) is 57.2 Å². The topological polar surface area (TPSA) is 57.8 Å². The lowest BCUT2D eigenvalue weighted by atomic mass is 9.83.